The van der Waals surface area contributed by atoms with Crippen LogP contribution in [0.25, 0.3) is 0 Å². The molecule has 0 bridgehead atoms. The van der Waals surface area contributed by atoms with Gasteiger partial charge in [-0.05, 0) is 18.3 Å². The van der Waals surface area contributed by atoms with Crippen LogP contribution in [0.3, 0.4) is 0 Å². The summed E-state index contributed by atoms with van der Waals surface area (Å²) >= 11 is 0. The Morgan fingerprint density at radius 1 is 1.29 bits per heavy atom. The smallest absolute Gasteiger partial charge is 0.330 e. The number of hydrogen-bond donors (Lipinski definition) is 2. The summed E-state index contributed by atoms with van der Waals surface area (Å²) in [5.41, 5.74) is -0.102. The van der Waals surface area contributed by atoms with Crippen molar-refractivity contribution in [3.8, 4) is 0 Å². The third kappa shape index (κ3) is 1.64. The van der Waals surface area contributed by atoms with Crippen LogP contribution in [0.5, 0.6) is 0 Å². The minimum absolute atomic E-state index is 0.156. The number of carboxylic acid groups (broad SMARTS) is 2. The summed E-state index contributed by atoms with van der Waals surface area (Å²) in [5.74, 6) is -2.45. The van der Waals surface area contributed by atoms with Crippen molar-refractivity contribution in [2.75, 3.05) is 0 Å². The highest BCUT2D eigenvalue weighted by atomic mass is 16.4. The van der Waals surface area contributed by atoms with E-state index in [-0.39, 0.29) is 16.9 Å². The number of carboxylic acids is 2. The molecule has 4 heteroatoms. The van der Waals surface area contributed by atoms with Gasteiger partial charge in [0.2, 0.25) is 0 Å². The van der Waals surface area contributed by atoms with Gasteiger partial charge in [0.1, 0.15) is 0 Å². The summed E-state index contributed by atoms with van der Waals surface area (Å²) in [6, 6.07) is 0. The molecule has 2 atom stereocenters. The quantitative estimate of drug-likeness (QED) is 0.672. The highest BCUT2D eigenvalue weighted by Crippen LogP contribution is 2.59. The molecule has 0 unspecified atom stereocenters. The van der Waals surface area contributed by atoms with Gasteiger partial charge in [-0.3, -0.25) is 4.79 Å². The van der Waals surface area contributed by atoms with Crippen molar-refractivity contribution in [1.29, 1.82) is 0 Å². The molecule has 0 heterocycles. The van der Waals surface area contributed by atoms with Crippen molar-refractivity contribution in [2.45, 2.75) is 20.8 Å². The normalized spacial score (nSPS) is 29.8. The van der Waals surface area contributed by atoms with Crippen LogP contribution in [0, 0.1) is 17.3 Å². The van der Waals surface area contributed by atoms with Gasteiger partial charge in [0, 0.05) is 5.57 Å². The van der Waals surface area contributed by atoms with E-state index in [1.165, 1.54) is 6.92 Å². The molecular formula is C10H14O4. The first-order chi connectivity index (χ1) is 6.28. The lowest BCUT2D eigenvalue weighted by atomic mass is 10.1. The number of hydrogen-bond acceptors (Lipinski definition) is 2. The maximum absolute atomic E-state index is 10.8. The van der Waals surface area contributed by atoms with Gasteiger partial charge in [-0.25, -0.2) is 4.79 Å². The summed E-state index contributed by atoms with van der Waals surface area (Å²) in [7, 11) is 0. The average Bonchev–Trinajstić information content (AvgIpc) is 2.52. The Hall–Kier alpha value is -1.32. The molecule has 1 rings (SSSR count). The number of aliphatic carboxylic acids is 2. The molecule has 0 aromatic rings. The number of allylic oxidation sites excluding steroid dienone is 1. The molecule has 0 saturated heterocycles. The fourth-order valence-electron chi connectivity index (χ4n) is 1.80. The molecule has 0 aliphatic heterocycles. The first-order valence-corrected chi connectivity index (χ1v) is 4.43. The van der Waals surface area contributed by atoms with Crippen LogP contribution in [0.2, 0.25) is 0 Å². The standard InChI is InChI=1S/C10H14O4/c1-5(8(11)12)4-6-7(9(13)14)10(6,2)3/h4,6-7H,1-3H3,(H,11,12)(H,13,14)/b5-4+/t6-,7-/m1/s1. The fraction of sp³-hybridized carbons (Fsp3) is 0.600. The van der Waals surface area contributed by atoms with E-state index >= 15 is 0 Å². The van der Waals surface area contributed by atoms with Crippen LogP contribution in [-0.4, -0.2) is 22.2 Å². The second-order valence-electron chi connectivity index (χ2n) is 4.32. The Bertz CT molecular complexity index is 314. The van der Waals surface area contributed by atoms with Gasteiger partial charge in [0.15, 0.2) is 0 Å². The lowest BCUT2D eigenvalue weighted by Crippen LogP contribution is -2.03. The minimum atomic E-state index is -0.989. The summed E-state index contributed by atoms with van der Waals surface area (Å²) in [6.07, 6.45) is 1.54. The average molecular weight is 198 g/mol. The van der Waals surface area contributed by atoms with E-state index in [0.717, 1.165) is 0 Å². The van der Waals surface area contributed by atoms with Crippen molar-refractivity contribution in [3.05, 3.63) is 11.6 Å². The van der Waals surface area contributed by atoms with E-state index in [0.29, 0.717) is 0 Å². The minimum Gasteiger partial charge on any atom is -0.481 e. The van der Waals surface area contributed by atoms with Gasteiger partial charge in [0.05, 0.1) is 5.92 Å². The molecule has 0 aromatic carbocycles. The fourth-order valence-corrected chi connectivity index (χ4v) is 1.80. The molecule has 0 amide bonds. The van der Waals surface area contributed by atoms with Crippen molar-refractivity contribution in [2.24, 2.45) is 17.3 Å². The predicted octanol–water partition coefficient (Wildman–Crippen LogP) is 1.37. The second kappa shape index (κ2) is 3.12. The predicted molar refractivity (Wildman–Crippen MR) is 49.8 cm³/mol. The van der Waals surface area contributed by atoms with Gasteiger partial charge in [-0.15, -0.1) is 0 Å². The molecule has 1 aliphatic rings. The van der Waals surface area contributed by atoms with Crippen LogP contribution >= 0.6 is 0 Å². The molecule has 14 heavy (non-hydrogen) atoms. The molecule has 78 valence electrons. The monoisotopic (exact) mass is 198 g/mol. The van der Waals surface area contributed by atoms with Crippen molar-refractivity contribution in [1.82, 2.24) is 0 Å². The van der Waals surface area contributed by atoms with Crippen LogP contribution in [-0.2, 0) is 9.59 Å². The topological polar surface area (TPSA) is 74.6 Å². The SMILES string of the molecule is C/C(=C\[C@@H]1[C@H](C(=O)O)C1(C)C)C(=O)O. The molecule has 1 saturated carbocycles. The Labute approximate surface area is 82.2 Å². The van der Waals surface area contributed by atoms with Crippen LogP contribution < -0.4 is 0 Å². The lowest BCUT2D eigenvalue weighted by Gasteiger charge is -1.97. The summed E-state index contributed by atoms with van der Waals surface area (Å²) in [5, 5.41) is 17.5. The third-order valence-corrected chi connectivity index (χ3v) is 2.94. The maximum atomic E-state index is 10.8. The molecule has 4 nitrogen and oxygen atoms in total. The number of rotatable bonds is 3. The Kier molecular flexibility index (Phi) is 2.39. The van der Waals surface area contributed by atoms with Crippen molar-refractivity contribution in [3.63, 3.8) is 0 Å². The molecule has 0 aromatic heterocycles. The molecule has 1 fully saturated rings. The molecular weight excluding hydrogens is 184 g/mol. The van der Waals surface area contributed by atoms with E-state index in [9.17, 15) is 9.59 Å². The van der Waals surface area contributed by atoms with Crippen LogP contribution in [0.1, 0.15) is 20.8 Å². The molecule has 0 spiro atoms. The first-order valence-electron chi connectivity index (χ1n) is 4.43. The van der Waals surface area contributed by atoms with Crippen LogP contribution in [0.15, 0.2) is 11.6 Å². The van der Waals surface area contributed by atoms with E-state index in [1.807, 2.05) is 13.8 Å². The summed E-state index contributed by atoms with van der Waals surface area (Å²) in [6.45, 7) is 5.15. The summed E-state index contributed by atoms with van der Waals surface area (Å²) in [4.78, 5) is 21.3. The highest BCUT2D eigenvalue weighted by Gasteiger charge is 2.60. The van der Waals surface area contributed by atoms with Crippen molar-refractivity contribution < 1.29 is 19.8 Å². The first kappa shape index (κ1) is 10.8. The largest absolute Gasteiger partial charge is 0.481 e. The van der Waals surface area contributed by atoms with Gasteiger partial charge in [-0.1, -0.05) is 19.9 Å². The van der Waals surface area contributed by atoms with E-state index < -0.39 is 17.9 Å². The number of carbonyl (C=O) groups is 2. The van der Waals surface area contributed by atoms with E-state index in [4.69, 9.17) is 10.2 Å². The van der Waals surface area contributed by atoms with Gasteiger partial charge < -0.3 is 10.2 Å². The Morgan fingerprint density at radius 2 is 1.79 bits per heavy atom. The zero-order valence-corrected chi connectivity index (χ0v) is 8.44. The van der Waals surface area contributed by atoms with Gasteiger partial charge >= 0.3 is 11.9 Å². The van der Waals surface area contributed by atoms with Crippen LogP contribution in [0.4, 0.5) is 0 Å². The van der Waals surface area contributed by atoms with Crippen molar-refractivity contribution >= 4 is 11.9 Å². The Balaban J connectivity index is 2.80. The Morgan fingerprint density at radius 3 is 2.07 bits per heavy atom. The van der Waals surface area contributed by atoms with Gasteiger partial charge in [0.25, 0.3) is 0 Å². The molecule has 0 radical (unpaired) electrons. The highest BCUT2D eigenvalue weighted by molar-refractivity contribution is 5.86. The zero-order valence-electron chi connectivity index (χ0n) is 8.44. The van der Waals surface area contributed by atoms with Gasteiger partial charge in [-0.2, -0.15) is 0 Å². The van der Waals surface area contributed by atoms with E-state index in [2.05, 4.69) is 0 Å². The molecule has 2 N–H and O–H groups in total. The second-order valence-corrected chi connectivity index (χ2v) is 4.32. The lowest BCUT2D eigenvalue weighted by molar-refractivity contribution is -0.139. The zero-order chi connectivity index (χ0) is 11.1. The maximum Gasteiger partial charge on any atom is 0.330 e. The third-order valence-electron chi connectivity index (χ3n) is 2.94. The molecule has 1 aliphatic carbocycles. The van der Waals surface area contributed by atoms with E-state index in [1.54, 1.807) is 6.08 Å². The summed E-state index contributed by atoms with van der Waals surface area (Å²) < 4.78 is 0.